The van der Waals surface area contributed by atoms with Crippen molar-refractivity contribution in [3.05, 3.63) is 27.5 Å². The highest BCUT2D eigenvalue weighted by atomic mass is 79.9. The van der Waals surface area contributed by atoms with Crippen molar-refractivity contribution in [1.82, 2.24) is 4.98 Å². The Morgan fingerprint density at radius 1 is 1.69 bits per heavy atom. The first-order chi connectivity index (χ1) is 7.51. The van der Waals surface area contributed by atoms with Crippen LogP contribution in [0.5, 0.6) is 0 Å². The molecule has 88 valence electrons. The van der Waals surface area contributed by atoms with Crippen LogP contribution in [0, 0.1) is 0 Å². The van der Waals surface area contributed by atoms with Gasteiger partial charge in [0.2, 0.25) is 0 Å². The highest BCUT2D eigenvalue weighted by molar-refractivity contribution is 9.10. The highest BCUT2D eigenvalue weighted by Crippen LogP contribution is 2.28. The van der Waals surface area contributed by atoms with Gasteiger partial charge in [-0.15, -0.1) is 0 Å². The standard InChI is InChI=1S/C9H9BrF2N2O2/c1-16-9(15)6-2-4(8(11)12)5(3-13)7(10)14-6/h2,8H,3,13H2,1H3. The predicted octanol–water partition coefficient (Wildman–Crippen LogP) is 2.03. The third-order valence-corrected chi connectivity index (χ3v) is 2.60. The average molecular weight is 295 g/mol. The number of pyridine rings is 1. The van der Waals surface area contributed by atoms with Gasteiger partial charge >= 0.3 is 5.97 Å². The van der Waals surface area contributed by atoms with Gasteiger partial charge in [-0.05, 0) is 22.0 Å². The second kappa shape index (κ2) is 5.31. The van der Waals surface area contributed by atoms with E-state index in [-0.39, 0.29) is 28.0 Å². The summed E-state index contributed by atoms with van der Waals surface area (Å²) in [5.74, 6) is -0.772. The summed E-state index contributed by atoms with van der Waals surface area (Å²) in [6.07, 6.45) is -2.72. The Balaban J connectivity index is 3.33. The molecule has 0 saturated carbocycles. The molecule has 4 nitrogen and oxygen atoms in total. The topological polar surface area (TPSA) is 65.2 Å². The van der Waals surface area contributed by atoms with Crippen molar-refractivity contribution in [2.75, 3.05) is 7.11 Å². The highest BCUT2D eigenvalue weighted by Gasteiger charge is 2.20. The summed E-state index contributed by atoms with van der Waals surface area (Å²) in [7, 11) is 1.15. The van der Waals surface area contributed by atoms with E-state index >= 15 is 0 Å². The van der Waals surface area contributed by atoms with Crippen molar-refractivity contribution in [2.45, 2.75) is 13.0 Å². The average Bonchev–Trinajstić information content (AvgIpc) is 2.26. The third kappa shape index (κ3) is 2.53. The number of alkyl halides is 2. The predicted molar refractivity (Wildman–Crippen MR) is 56.1 cm³/mol. The van der Waals surface area contributed by atoms with Gasteiger partial charge in [0.15, 0.2) is 0 Å². The number of nitrogens with two attached hydrogens (primary N) is 1. The number of rotatable bonds is 3. The minimum Gasteiger partial charge on any atom is -0.464 e. The molecule has 0 saturated heterocycles. The fourth-order valence-electron chi connectivity index (χ4n) is 1.16. The van der Waals surface area contributed by atoms with E-state index in [0.29, 0.717) is 0 Å². The molecular weight excluding hydrogens is 286 g/mol. The molecule has 1 aromatic rings. The zero-order valence-corrected chi connectivity index (χ0v) is 9.92. The second-order valence-corrected chi connectivity index (χ2v) is 3.61. The summed E-state index contributed by atoms with van der Waals surface area (Å²) in [5, 5.41) is 0. The molecule has 16 heavy (non-hydrogen) atoms. The Kier molecular flexibility index (Phi) is 4.31. The molecule has 1 heterocycles. The first kappa shape index (κ1) is 13.0. The number of esters is 1. The number of hydrogen-bond acceptors (Lipinski definition) is 4. The summed E-state index contributed by atoms with van der Waals surface area (Å²) in [4.78, 5) is 14.9. The van der Waals surface area contributed by atoms with Gasteiger partial charge in [-0.1, -0.05) is 0 Å². The number of carbonyl (C=O) groups is 1. The third-order valence-electron chi connectivity index (χ3n) is 1.94. The molecule has 1 aromatic heterocycles. The fraction of sp³-hybridized carbons (Fsp3) is 0.333. The lowest BCUT2D eigenvalue weighted by Gasteiger charge is -2.10. The van der Waals surface area contributed by atoms with Crippen LogP contribution in [0.4, 0.5) is 8.78 Å². The van der Waals surface area contributed by atoms with E-state index in [4.69, 9.17) is 5.73 Å². The Morgan fingerprint density at radius 2 is 2.31 bits per heavy atom. The molecule has 0 bridgehead atoms. The van der Waals surface area contributed by atoms with Crippen molar-refractivity contribution >= 4 is 21.9 Å². The molecule has 1 rings (SSSR count). The summed E-state index contributed by atoms with van der Waals surface area (Å²) in [5.41, 5.74) is 5.02. The Hall–Kier alpha value is -1.08. The second-order valence-electron chi connectivity index (χ2n) is 2.86. The SMILES string of the molecule is COC(=O)c1cc(C(F)F)c(CN)c(Br)n1. The number of hydrogen-bond donors (Lipinski definition) is 1. The van der Waals surface area contributed by atoms with Gasteiger partial charge in [0, 0.05) is 17.7 Å². The van der Waals surface area contributed by atoms with Crippen LogP contribution in [0.25, 0.3) is 0 Å². The lowest BCUT2D eigenvalue weighted by atomic mass is 10.1. The molecule has 0 spiro atoms. The van der Waals surface area contributed by atoms with Crippen molar-refractivity contribution in [1.29, 1.82) is 0 Å². The van der Waals surface area contributed by atoms with Crippen molar-refractivity contribution in [2.24, 2.45) is 5.73 Å². The number of aromatic nitrogens is 1. The molecular formula is C9H9BrF2N2O2. The van der Waals surface area contributed by atoms with Crippen LogP contribution >= 0.6 is 15.9 Å². The number of methoxy groups -OCH3 is 1. The van der Waals surface area contributed by atoms with E-state index in [2.05, 4.69) is 25.7 Å². The molecule has 7 heteroatoms. The van der Waals surface area contributed by atoms with Crippen LogP contribution in [0.2, 0.25) is 0 Å². The minimum absolute atomic E-state index is 0.0886. The fourth-order valence-corrected chi connectivity index (χ4v) is 1.75. The van der Waals surface area contributed by atoms with E-state index in [1.54, 1.807) is 0 Å². The molecule has 0 aliphatic rings. The largest absolute Gasteiger partial charge is 0.464 e. The lowest BCUT2D eigenvalue weighted by molar-refractivity contribution is 0.0593. The molecule has 0 fully saturated rings. The van der Waals surface area contributed by atoms with Gasteiger partial charge < -0.3 is 10.5 Å². The van der Waals surface area contributed by atoms with E-state index in [0.717, 1.165) is 13.2 Å². The molecule has 0 amide bonds. The Labute approximate surface area is 98.9 Å². The lowest BCUT2D eigenvalue weighted by Crippen LogP contribution is -2.11. The smallest absolute Gasteiger partial charge is 0.356 e. The summed E-state index contributed by atoms with van der Waals surface area (Å²) in [6.45, 7) is -0.0886. The molecule has 0 unspecified atom stereocenters. The Bertz CT molecular complexity index is 413. The summed E-state index contributed by atoms with van der Waals surface area (Å²) >= 11 is 2.99. The molecule has 0 atom stereocenters. The van der Waals surface area contributed by atoms with Gasteiger partial charge in [-0.3, -0.25) is 0 Å². The van der Waals surface area contributed by atoms with E-state index in [1.807, 2.05) is 0 Å². The molecule has 0 aromatic carbocycles. The van der Waals surface area contributed by atoms with E-state index in [1.165, 1.54) is 0 Å². The quantitative estimate of drug-likeness (QED) is 0.684. The van der Waals surface area contributed by atoms with Gasteiger partial charge in [0.1, 0.15) is 10.3 Å². The molecule has 0 aliphatic carbocycles. The number of nitrogens with zero attached hydrogens (tertiary/aromatic N) is 1. The van der Waals surface area contributed by atoms with Crippen LogP contribution < -0.4 is 5.73 Å². The minimum atomic E-state index is -2.72. The Morgan fingerprint density at radius 3 is 2.75 bits per heavy atom. The monoisotopic (exact) mass is 294 g/mol. The maximum Gasteiger partial charge on any atom is 0.356 e. The van der Waals surface area contributed by atoms with Crippen molar-refractivity contribution in [3.8, 4) is 0 Å². The zero-order valence-electron chi connectivity index (χ0n) is 8.34. The maximum atomic E-state index is 12.7. The van der Waals surface area contributed by atoms with Crippen molar-refractivity contribution < 1.29 is 18.3 Å². The van der Waals surface area contributed by atoms with E-state index < -0.39 is 12.4 Å². The van der Waals surface area contributed by atoms with Gasteiger partial charge in [-0.2, -0.15) is 0 Å². The maximum absolute atomic E-state index is 12.7. The van der Waals surface area contributed by atoms with Crippen molar-refractivity contribution in [3.63, 3.8) is 0 Å². The first-order valence-corrected chi connectivity index (χ1v) is 5.06. The van der Waals surface area contributed by atoms with Crippen LogP contribution in [0.3, 0.4) is 0 Å². The molecule has 0 aliphatic heterocycles. The zero-order chi connectivity index (χ0) is 12.3. The molecule has 0 radical (unpaired) electrons. The van der Waals surface area contributed by atoms with Gasteiger partial charge in [0.25, 0.3) is 6.43 Å². The van der Waals surface area contributed by atoms with Crippen LogP contribution in [0.1, 0.15) is 28.0 Å². The first-order valence-electron chi connectivity index (χ1n) is 4.27. The summed E-state index contributed by atoms with van der Waals surface area (Å²) in [6, 6.07) is 0.990. The number of carbonyl (C=O) groups excluding carboxylic acids is 1. The normalized spacial score (nSPS) is 10.6. The van der Waals surface area contributed by atoms with Crippen LogP contribution in [-0.4, -0.2) is 18.1 Å². The van der Waals surface area contributed by atoms with Crippen LogP contribution in [0.15, 0.2) is 10.7 Å². The van der Waals surface area contributed by atoms with E-state index in [9.17, 15) is 13.6 Å². The van der Waals surface area contributed by atoms with Gasteiger partial charge in [0.05, 0.1) is 7.11 Å². The number of ether oxygens (including phenoxy) is 1. The number of halogens is 3. The van der Waals surface area contributed by atoms with Crippen LogP contribution in [-0.2, 0) is 11.3 Å². The van der Waals surface area contributed by atoms with Gasteiger partial charge in [-0.25, -0.2) is 18.6 Å². The summed E-state index contributed by atoms with van der Waals surface area (Å²) < 4.78 is 29.9. The molecule has 2 N–H and O–H groups in total.